The zero-order chi connectivity index (χ0) is 6.57. The van der Waals surface area contributed by atoms with Crippen LogP contribution in [0, 0.1) is 0 Å². The van der Waals surface area contributed by atoms with Crippen LogP contribution in [-0.4, -0.2) is 25.9 Å². The topological polar surface area (TPSA) is 79.5 Å². The zero-order valence-electron chi connectivity index (χ0n) is 4.50. The number of hydrogen-bond acceptors (Lipinski definition) is 2. The van der Waals surface area contributed by atoms with E-state index < -0.39 is 11.4 Å². The van der Waals surface area contributed by atoms with Crippen LogP contribution in [0.4, 0.5) is 0 Å². The summed E-state index contributed by atoms with van der Waals surface area (Å²) in [6, 6.07) is 0.833. The van der Waals surface area contributed by atoms with E-state index in [9.17, 15) is 0 Å². The molecule has 3 N–H and O–H groups in total. The Kier molecular flexibility index (Phi) is 3.98. The van der Waals surface area contributed by atoms with Crippen molar-refractivity contribution in [2.45, 2.75) is 13.0 Å². The van der Waals surface area contributed by atoms with Crippen LogP contribution in [0.15, 0.2) is 0 Å². The Morgan fingerprint density at radius 2 is 1.88 bits per heavy atom. The molecule has 8 heavy (non-hydrogen) atoms. The maximum absolute atomic E-state index is 8.67. The molecule has 0 amide bonds. The van der Waals surface area contributed by atoms with E-state index in [1.165, 1.54) is 6.54 Å². The molecule has 1 heterocycles. The summed E-state index contributed by atoms with van der Waals surface area (Å²) < 4.78 is 22.8. The van der Waals surface area contributed by atoms with Crippen LogP contribution >= 0.6 is 0 Å². The second kappa shape index (κ2) is 3.96. The lowest BCUT2D eigenvalue weighted by atomic mass is 10.6. The van der Waals surface area contributed by atoms with Gasteiger partial charge in [-0.15, -0.1) is 0 Å². The molecule has 0 saturated carbocycles. The van der Waals surface area contributed by atoms with Crippen LogP contribution in [0.3, 0.4) is 0 Å². The number of hydrogen-bond donors (Lipinski definition) is 3. The van der Waals surface area contributed by atoms with E-state index in [4.69, 9.17) is 13.3 Å². The smallest absolute Gasteiger partial charge is 0.299 e. The van der Waals surface area contributed by atoms with Gasteiger partial charge in [-0.05, 0) is 6.92 Å². The van der Waals surface area contributed by atoms with Gasteiger partial charge in [-0.2, -0.15) is 4.21 Å². The Labute approximate surface area is 50.4 Å². The van der Waals surface area contributed by atoms with Crippen LogP contribution in [0.25, 0.3) is 0 Å². The molecule has 0 radical (unpaired) electrons. The normalized spacial score (nSPS) is 24.2. The van der Waals surface area contributed by atoms with E-state index in [1.807, 2.05) is 0 Å². The highest BCUT2D eigenvalue weighted by molar-refractivity contribution is 7.73. The summed E-state index contributed by atoms with van der Waals surface area (Å²) in [5.41, 5.74) is 0. The maximum Gasteiger partial charge on any atom is 0.299 e. The van der Waals surface area contributed by atoms with E-state index >= 15 is 0 Å². The molecule has 5 heteroatoms. The molecular weight excluding hydrogens is 130 g/mol. The van der Waals surface area contributed by atoms with E-state index in [0.29, 0.717) is 0 Å². The largest absolute Gasteiger partial charge is 0.311 e. The van der Waals surface area contributed by atoms with Crippen molar-refractivity contribution in [2.24, 2.45) is 0 Å². The molecule has 50 valence electrons. The summed E-state index contributed by atoms with van der Waals surface area (Å²) in [6.07, 6.45) is 0. The first kappa shape index (κ1) is 8.03. The Balaban J connectivity index is 0.000000122. The summed E-state index contributed by atoms with van der Waals surface area (Å²) in [5, 5.41) is 3.10. The van der Waals surface area contributed by atoms with Gasteiger partial charge < -0.3 is 5.32 Å². The molecule has 1 atom stereocenters. The highest BCUT2D eigenvalue weighted by atomic mass is 32.2. The number of nitrogens with one attached hydrogen (secondary N) is 1. The Bertz CT molecular complexity index is 78.6. The Morgan fingerprint density at radius 3 is 1.88 bits per heavy atom. The van der Waals surface area contributed by atoms with Gasteiger partial charge in [0.2, 0.25) is 0 Å². The monoisotopic (exact) mass is 139 g/mol. The SMILES string of the molecule is CC1CN1.O=S(O)O. The Hall–Kier alpha value is 0.0300. The lowest BCUT2D eigenvalue weighted by Crippen LogP contribution is -1.74. The second-order valence-electron chi connectivity index (χ2n) is 1.54. The minimum atomic E-state index is -2.61. The average Bonchev–Trinajstić information content (AvgIpc) is 2.19. The summed E-state index contributed by atoms with van der Waals surface area (Å²) in [5.74, 6) is 0. The van der Waals surface area contributed by atoms with Crippen LogP contribution in [0.5, 0.6) is 0 Å². The molecule has 0 aliphatic carbocycles. The minimum absolute atomic E-state index is 0.833. The first-order chi connectivity index (χ1) is 3.63. The molecule has 0 spiro atoms. The highest BCUT2D eigenvalue weighted by Crippen LogP contribution is 1.88. The zero-order valence-corrected chi connectivity index (χ0v) is 5.31. The van der Waals surface area contributed by atoms with Crippen molar-refractivity contribution in [2.75, 3.05) is 6.54 Å². The van der Waals surface area contributed by atoms with Gasteiger partial charge in [-0.1, -0.05) is 0 Å². The number of rotatable bonds is 0. The third-order valence-electron chi connectivity index (χ3n) is 0.612. The van der Waals surface area contributed by atoms with Gasteiger partial charge in [0.15, 0.2) is 0 Å². The van der Waals surface area contributed by atoms with Crippen molar-refractivity contribution < 1.29 is 13.3 Å². The summed E-state index contributed by atoms with van der Waals surface area (Å²) >= 11 is -2.61. The molecule has 1 aliphatic rings. The van der Waals surface area contributed by atoms with Crippen LogP contribution in [0.1, 0.15) is 6.92 Å². The van der Waals surface area contributed by atoms with Crippen molar-refractivity contribution in [3.05, 3.63) is 0 Å². The molecule has 1 fully saturated rings. The molecule has 0 bridgehead atoms. The Morgan fingerprint density at radius 1 is 1.75 bits per heavy atom. The first-order valence-electron chi connectivity index (χ1n) is 2.16. The van der Waals surface area contributed by atoms with Crippen molar-refractivity contribution in [3.63, 3.8) is 0 Å². The van der Waals surface area contributed by atoms with Gasteiger partial charge in [0.1, 0.15) is 0 Å². The van der Waals surface area contributed by atoms with Gasteiger partial charge in [-0.3, -0.25) is 9.11 Å². The van der Waals surface area contributed by atoms with Gasteiger partial charge in [0, 0.05) is 12.6 Å². The molecule has 1 unspecified atom stereocenters. The second-order valence-corrected chi connectivity index (χ2v) is 2.00. The van der Waals surface area contributed by atoms with Crippen molar-refractivity contribution in [1.29, 1.82) is 0 Å². The lowest BCUT2D eigenvalue weighted by Gasteiger charge is -1.59. The van der Waals surface area contributed by atoms with Crippen molar-refractivity contribution in [3.8, 4) is 0 Å². The predicted octanol–water partition coefficient (Wildman–Crippen LogP) is -0.341. The first-order valence-corrected chi connectivity index (χ1v) is 3.22. The molecule has 1 aliphatic heterocycles. The lowest BCUT2D eigenvalue weighted by molar-refractivity contribution is 0.454. The molecule has 0 aromatic heterocycles. The van der Waals surface area contributed by atoms with Crippen molar-refractivity contribution >= 4 is 11.4 Å². The average molecular weight is 139 g/mol. The fraction of sp³-hybridized carbons (Fsp3) is 1.00. The molecule has 1 rings (SSSR count). The molecule has 4 nitrogen and oxygen atoms in total. The van der Waals surface area contributed by atoms with E-state index in [0.717, 1.165) is 6.04 Å². The van der Waals surface area contributed by atoms with E-state index in [2.05, 4.69) is 12.2 Å². The third kappa shape index (κ3) is 16.6. The minimum Gasteiger partial charge on any atom is -0.311 e. The van der Waals surface area contributed by atoms with Gasteiger partial charge >= 0.3 is 0 Å². The fourth-order valence-electron chi connectivity index (χ4n) is 0.118. The maximum atomic E-state index is 8.67. The molecule has 0 aromatic rings. The predicted molar refractivity (Wildman–Crippen MR) is 30.9 cm³/mol. The molecule has 1 saturated heterocycles. The summed E-state index contributed by atoms with van der Waals surface area (Å²) in [6.45, 7) is 3.40. The standard InChI is InChI=1S/C3H7N.H2O3S/c1-3-2-4-3;1-4(2)3/h3-4H,2H2,1H3;(H2,1,2,3). The van der Waals surface area contributed by atoms with Gasteiger partial charge in [0.05, 0.1) is 0 Å². The quantitative estimate of drug-likeness (QED) is 0.317. The molecular formula is C3H9NO3S. The van der Waals surface area contributed by atoms with Crippen LogP contribution < -0.4 is 5.32 Å². The third-order valence-corrected chi connectivity index (χ3v) is 0.612. The van der Waals surface area contributed by atoms with Crippen LogP contribution in [0.2, 0.25) is 0 Å². The molecule has 0 aromatic carbocycles. The summed E-state index contributed by atoms with van der Waals surface area (Å²) in [7, 11) is 0. The van der Waals surface area contributed by atoms with Crippen LogP contribution in [-0.2, 0) is 11.4 Å². The van der Waals surface area contributed by atoms with E-state index in [-0.39, 0.29) is 0 Å². The van der Waals surface area contributed by atoms with Gasteiger partial charge in [0.25, 0.3) is 11.4 Å². The van der Waals surface area contributed by atoms with E-state index in [1.54, 1.807) is 0 Å². The fourth-order valence-corrected chi connectivity index (χ4v) is 0.118. The van der Waals surface area contributed by atoms with Gasteiger partial charge in [-0.25, -0.2) is 0 Å². The highest BCUT2D eigenvalue weighted by Gasteiger charge is 2.10. The summed E-state index contributed by atoms with van der Waals surface area (Å²) in [4.78, 5) is 0. The van der Waals surface area contributed by atoms with Crippen molar-refractivity contribution in [1.82, 2.24) is 5.32 Å².